The Hall–Kier alpha value is -0.160. The number of amides is 2. The van der Waals surface area contributed by atoms with Crippen LogP contribution in [-0.2, 0) is 9.59 Å². The summed E-state index contributed by atoms with van der Waals surface area (Å²) in [6, 6.07) is 0. The summed E-state index contributed by atoms with van der Waals surface area (Å²) in [7, 11) is 0. The number of fused-ring (bicyclic) bond motifs is 1. The second kappa shape index (κ2) is 2.71. The highest BCUT2D eigenvalue weighted by Crippen LogP contribution is 2.34. The quantitative estimate of drug-likeness (QED) is 0.539. The maximum Gasteiger partial charge on any atom is 0.241 e. The van der Waals surface area contributed by atoms with E-state index in [1.807, 2.05) is 0 Å². The lowest BCUT2D eigenvalue weighted by Crippen LogP contribution is -2.27. The Morgan fingerprint density at radius 3 is 2.00 bits per heavy atom. The van der Waals surface area contributed by atoms with Crippen molar-refractivity contribution in [3.63, 3.8) is 0 Å². The Kier molecular flexibility index (Phi) is 1.85. The molecule has 3 nitrogen and oxygen atoms in total. The second-order valence-electron chi connectivity index (χ2n) is 2.44. The molecule has 0 spiro atoms. The zero-order chi connectivity index (χ0) is 7.84. The number of rotatable bonds is 0. The van der Waals surface area contributed by atoms with Gasteiger partial charge in [-0.25, -0.2) is 0 Å². The molecule has 2 aliphatic heterocycles. The molecule has 0 aromatic carbocycles. The number of thioether (sulfide) groups is 2. The molecule has 0 aromatic heterocycles. The van der Waals surface area contributed by atoms with Crippen LogP contribution in [0, 0.1) is 0 Å². The highest BCUT2D eigenvalue weighted by molar-refractivity contribution is 8.08. The predicted octanol–water partition coefficient (Wildman–Crippen LogP) is -0.140. The lowest BCUT2D eigenvalue weighted by Gasteiger charge is -2.19. The SMILES string of the molecule is O=C1NC(=O)[C@@H]2SCCS[C@H]12. The molecule has 0 saturated carbocycles. The van der Waals surface area contributed by atoms with Crippen molar-refractivity contribution in [2.24, 2.45) is 0 Å². The summed E-state index contributed by atoms with van der Waals surface area (Å²) in [5.74, 6) is 1.76. The summed E-state index contributed by atoms with van der Waals surface area (Å²) < 4.78 is 0. The van der Waals surface area contributed by atoms with Gasteiger partial charge in [-0.15, -0.1) is 23.5 Å². The second-order valence-corrected chi connectivity index (χ2v) is 4.94. The minimum atomic E-state index is -0.110. The highest BCUT2D eigenvalue weighted by atomic mass is 32.2. The molecule has 0 unspecified atom stereocenters. The first-order valence-corrected chi connectivity index (χ1v) is 5.47. The molecule has 1 N–H and O–H groups in total. The molecule has 0 bridgehead atoms. The Morgan fingerprint density at radius 1 is 1.09 bits per heavy atom. The van der Waals surface area contributed by atoms with Crippen LogP contribution in [0.25, 0.3) is 0 Å². The molecule has 2 aliphatic rings. The Morgan fingerprint density at radius 2 is 1.55 bits per heavy atom. The van der Waals surface area contributed by atoms with E-state index in [1.165, 1.54) is 0 Å². The van der Waals surface area contributed by atoms with Gasteiger partial charge in [-0.3, -0.25) is 14.9 Å². The number of carbonyl (C=O) groups excluding carboxylic acids is 2. The highest BCUT2D eigenvalue weighted by Gasteiger charge is 2.43. The number of nitrogens with one attached hydrogen (secondary N) is 1. The standard InChI is InChI=1S/C6H7NO2S2/c8-5-3-4(6(9)7-5)11-2-1-10-3/h3-4H,1-2H2,(H,7,8,9)/t3-,4+. The summed E-state index contributed by atoms with van der Waals surface area (Å²) in [5, 5.41) is 2.12. The molecular weight excluding hydrogens is 182 g/mol. The van der Waals surface area contributed by atoms with Gasteiger partial charge in [0.05, 0.1) is 0 Å². The van der Waals surface area contributed by atoms with Crippen LogP contribution < -0.4 is 5.32 Å². The summed E-state index contributed by atoms with van der Waals surface area (Å²) in [6.07, 6.45) is 0. The molecule has 60 valence electrons. The van der Waals surface area contributed by atoms with E-state index in [0.29, 0.717) is 0 Å². The zero-order valence-corrected chi connectivity index (χ0v) is 7.33. The van der Waals surface area contributed by atoms with Gasteiger partial charge in [0.15, 0.2) is 0 Å². The monoisotopic (exact) mass is 189 g/mol. The zero-order valence-electron chi connectivity index (χ0n) is 5.70. The van der Waals surface area contributed by atoms with E-state index in [2.05, 4.69) is 5.32 Å². The van der Waals surface area contributed by atoms with E-state index < -0.39 is 0 Å². The summed E-state index contributed by atoms with van der Waals surface area (Å²) >= 11 is 3.18. The van der Waals surface area contributed by atoms with Crippen LogP contribution in [0.1, 0.15) is 0 Å². The van der Waals surface area contributed by atoms with Gasteiger partial charge < -0.3 is 0 Å². The summed E-state index contributed by atoms with van der Waals surface area (Å²) in [4.78, 5) is 22.1. The molecule has 2 fully saturated rings. The first-order valence-electron chi connectivity index (χ1n) is 3.37. The van der Waals surface area contributed by atoms with Crippen molar-refractivity contribution in [3.8, 4) is 0 Å². The van der Waals surface area contributed by atoms with Crippen molar-refractivity contribution in [2.75, 3.05) is 11.5 Å². The van der Waals surface area contributed by atoms with Crippen LogP contribution in [0.4, 0.5) is 0 Å². The van der Waals surface area contributed by atoms with Gasteiger partial charge in [-0.1, -0.05) is 0 Å². The summed E-state index contributed by atoms with van der Waals surface area (Å²) in [6.45, 7) is 0. The first kappa shape index (κ1) is 7.49. The molecule has 2 heterocycles. The van der Waals surface area contributed by atoms with Crippen molar-refractivity contribution in [1.82, 2.24) is 5.32 Å². The number of imide groups is 1. The Balaban J connectivity index is 2.19. The molecule has 2 saturated heterocycles. The molecule has 11 heavy (non-hydrogen) atoms. The van der Waals surface area contributed by atoms with Gasteiger partial charge in [0.25, 0.3) is 0 Å². The minimum absolute atomic E-state index is 0.0998. The van der Waals surface area contributed by atoms with Gasteiger partial charge in [0, 0.05) is 11.5 Å². The summed E-state index contributed by atoms with van der Waals surface area (Å²) in [5.41, 5.74) is 0. The molecule has 0 aliphatic carbocycles. The predicted molar refractivity (Wildman–Crippen MR) is 45.6 cm³/mol. The van der Waals surface area contributed by atoms with Crippen LogP contribution in [-0.4, -0.2) is 33.8 Å². The van der Waals surface area contributed by atoms with E-state index in [0.717, 1.165) is 11.5 Å². The largest absolute Gasteiger partial charge is 0.294 e. The maximum absolute atomic E-state index is 11.1. The molecule has 2 rings (SSSR count). The lowest BCUT2D eigenvalue weighted by molar-refractivity contribution is -0.124. The van der Waals surface area contributed by atoms with E-state index in [4.69, 9.17) is 0 Å². The van der Waals surface area contributed by atoms with Crippen molar-refractivity contribution in [2.45, 2.75) is 10.5 Å². The van der Waals surface area contributed by atoms with Gasteiger partial charge >= 0.3 is 0 Å². The van der Waals surface area contributed by atoms with Gasteiger partial charge in [0.2, 0.25) is 11.8 Å². The smallest absolute Gasteiger partial charge is 0.241 e. The van der Waals surface area contributed by atoms with Gasteiger partial charge in [0.1, 0.15) is 10.5 Å². The fourth-order valence-corrected chi connectivity index (χ4v) is 3.98. The molecule has 5 heteroatoms. The molecule has 2 atom stereocenters. The van der Waals surface area contributed by atoms with E-state index in [9.17, 15) is 9.59 Å². The minimum Gasteiger partial charge on any atom is -0.294 e. The Bertz CT molecular complexity index is 197. The fraction of sp³-hybridized carbons (Fsp3) is 0.667. The van der Waals surface area contributed by atoms with Gasteiger partial charge in [-0.05, 0) is 0 Å². The Labute approximate surface area is 72.7 Å². The molecular formula is C6H7NO2S2. The van der Waals surface area contributed by atoms with Crippen LogP contribution in [0.15, 0.2) is 0 Å². The van der Waals surface area contributed by atoms with Crippen LogP contribution in [0.3, 0.4) is 0 Å². The van der Waals surface area contributed by atoms with Gasteiger partial charge in [-0.2, -0.15) is 0 Å². The number of carbonyl (C=O) groups is 2. The van der Waals surface area contributed by atoms with E-state index >= 15 is 0 Å². The molecule has 0 radical (unpaired) electrons. The normalized spacial score (nSPS) is 36.7. The fourth-order valence-electron chi connectivity index (χ4n) is 1.21. The van der Waals surface area contributed by atoms with Crippen molar-refractivity contribution in [3.05, 3.63) is 0 Å². The number of hydrogen-bond acceptors (Lipinski definition) is 4. The van der Waals surface area contributed by atoms with Crippen LogP contribution >= 0.6 is 23.5 Å². The lowest BCUT2D eigenvalue weighted by atomic mass is 10.3. The van der Waals surface area contributed by atoms with Crippen molar-refractivity contribution >= 4 is 35.3 Å². The van der Waals surface area contributed by atoms with E-state index in [-0.39, 0.29) is 22.3 Å². The average molecular weight is 189 g/mol. The molecule has 2 amide bonds. The average Bonchev–Trinajstić information content (AvgIpc) is 2.30. The third-order valence-electron chi connectivity index (χ3n) is 1.72. The van der Waals surface area contributed by atoms with Crippen molar-refractivity contribution < 1.29 is 9.59 Å². The van der Waals surface area contributed by atoms with Crippen LogP contribution in [0.5, 0.6) is 0 Å². The van der Waals surface area contributed by atoms with Crippen LogP contribution in [0.2, 0.25) is 0 Å². The molecule has 0 aromatic rings. The topological polar surface area (TPSA) is 46.2 Å². The third-order valence-corrected chi connectivity index (χ3v) is 4.72. The number of hydrogen-bond donors (Lipinski definition) is 1. The third kappa shape index (κ3) is 1.16. The van der Waals surface area contributed by atoms with E-state index in [1.54, 1.807) is 23.5 Å². The first-order chi connectivity index (χ1) is 5.29. The maximum atomic E-state index is 11.1. The van der Waals surface area contributed by atoms with Crippen molar-refractivity contribution in [1.29, 1.82) is 0 Å².